The van der Waals surface area contributed by atoms with E-state index in [1.165, 1.54) is 16.8 Å². The Bertz CT molecular complexity index is 2630. The van der Waals surface area contributed by atoms with Crippen molar-refractivity contribution in [1.29, 1.82) is 0 Å². The number of alkyl halides is 2. The van der Waals surface area contributed by atoms with Gasteiger partial charge in [0, 0.05) is 99.0 Å². The van der Waals surface area contributed by atoms with Crippen LogP contribution in [0.4, 0.5) is 31.5 Å². The molecule has 0 saturated carbocycles. The summed E-state index contributed by atoms with van der Waals surface area (Å²) in [5.74, 6) is 0.759. The zero-order valence-corrected chi connectivity index (χ0v) is 35.7. The first-order valence-corrected chi connectivity index (χ1v) is 21.7. The fourth-order valence-electron chi connectivity index (χ4n) is 8.80. The summed E-state index contributed by atoms with van der Waals surface area (Å²) in [6, 6.07) is 31.2. The van der Waals surface area contributed by atoms with E-state index >= 15 is 4.39 Å². The number of carbonyl (C=O) groups excluding carboxylic acids is 2. The summed E-state index contributed by atoms with van der Waals surface area (Å²) >= 11 is 0. The first kappa shape index (κ1) is 41.9. The van der Waals surface area contributed by atoms with Gasteiger partial charge in [0.2, 0.25) is 0 Å². The standard InChI is InChI=1S/C25H27FN4O2.C24H25FN4O2/c1-17-5-7-19-21(27-17)3-2-4-23(19)30-13-11-29(12-14-30)10-9-20(26)18-6-8-24-22(15-18)28-25(31)16-32-24;1-16-5-7-18-20(26-16)3-2-4-22(18)29-11-9-28(10-12-29)14-19(25)17-6-8-23-21(13-17)27-24(30)15-31-23/h2-8,15,20H,9-14,16H2,1H3,(H,28,31);2-8,13,19H,9-12,14-15H2,1H3,(H,27,30). The summed E-state index contributed by atoms with van der Waals surface area (Å²) in [7, 11) is 0. The van der Waals surface area contributed by atoms with Crippen molar-refractivity contribution >= 4 is 56.4 Å². The Kier molecular flexibility index (Phi) is 12.3. The summed E-state index contributed by atoms with van der Waals surface area (Å²) in [5, 5.41) is 7.83. The van der Waals surface area contributed by atoms with Crippen molar-refractivity contribution in [1.82, 2.24) is 19.8 Å². The molecule has 14 heteroatoms. The molecule has 4 aliphatic rings. The van der Waals surface area contributed by atoms with Crippen LogP contribution in [0.25, 0.3) is 21.8 Å². The molecule has 2 saturated heterocycles. The van der Waals surface area contributed by atoms with E-state index in [0.29, 0.717) is 53.5 Å². The van der Waals surface area contributed by atoms with Gasteiger partial charge in [0.1, 0.15) is 23.8 Å². The van der Waals surface area contributed by atoms with Gasteiger partial charge in [-0.25, -0.2) is 8.78 Å². The van der Waals surface area contributed by atoms with Crippen molar-refractivity contribution in [3.8, 4) is 11.5 Å². The predicted octanol–water partition coefficient (Wildman–Crippen LogP) is 7.80. The van der Waals surface area contributed by atoms with Crippen LogP contribution in [0.3, 0.4) is 0 Å². The van der Waals surface area contributed by atoms with Crippen LogP contribution in [0.2, 0.25) is 0 Å². The Labute approximate surface area is 365 Å². The highest BCUT2D eigenvalue weighted by molar-refractivity contribution is 5.96. The fraction of sp³-hybridized carbons (Fsp3) is 0.347. The summed E-state index contributed by atoms with van der Waals surface area (Å²) in [5.41, 5.74) is 8.70. The highest BCUT2D eigenvalue weighted by atomic mass is 19.1. The molecule has 0 radical (unpaired) electrons. The van der Waals surface area contributed by atoms with Crippen molar-refractivity contribution in [3.05, 3.63) is 120 Å². The number of aryl methyl sites for hydroxylation is 2. The second-order valence-corrected chi connectivity index (χ2v) is 16.6. The van der Waals surface area contributed by atoms with E-state index in [9.17, 15) is 14.0 Å². The molecular weight excluding hydrogens is 803 g/mol. The van der Waals surface area contributed by atoms with E-state index < -0.39 is 12.3 Å². The third-order valence-corrected chi connectivity index (χ3v) is 12.2. The van der Waals surface area contributed by atoms with Crippen LogP contribution in [0.1, 0.15) is 41.3 Å². The number of hydrogen-bond donors (Lipinski definition) is 2. The van der Waals surface area contributed by atoms with E-state index in [1.807, 2.05) is 32.0 Å². The fourth-order valence-corrected chi connectivity index (χ4v) is 8.80. The smallest absolute Gasteiger partial charge is 0.262 e. The number of hydrogen-bond acceptors (Lipinski definition) is 10. The second-order valence-electron chi connectivity index (χ2n) is 16.6. The van der Waals surface area contributed by atoms with Crippen LogP contribution in [-0.4, -0.2) is 110 Å². The number of nitrogens with one attached hydrogen (secondary N) is 2. The lowest BCUT2D eigenvalue weighted by Crippen LogP contribution is -2.47. The minimum absolute atomic E-state index is 0.00203. The Hall–Kier alpha value is -6.38. The topological polar surface area (TPSA) is 115 Å². The highest BCUT2D eigenvalue weighted by Gasteiger charge is 2.25. The molecule has 326 valence electrons. The largest absolute Gasteiger partial charge is 0.482 e. The van der Waals surface area contributed by atoms with Gasteiger partial charge in [-0.15, -0.1) is 0 Å². The van der Waals surface area contributed by atoms with Crippen LogP contribution >= 0.6 is 0 Å². The van der Waals surface area contributed by atoms with Gasteiger partial charge in [-0.1, -0.05) is 24.3 Å². The van der Waals surface area contributed by atoms with E-state index in [-0.39, 0.29) is 25.0 Å². The van der Waals surface area contributed by atoms with Gasteiger partial charge < -0.3 is 29.9 Å². The van der Waals surface area contributed by atoms with E-state index in [1.54, 1.807) is 36.4 Å². The Balaban J connectivity index is 0.000000160. The number of nitrogens with zero attached hydrogens (tertiary/aromatic N) is 6. The average Bonchev–Trinajstić information content (AvgIpc) is 3.30. The summed E-state index contributed by atoms with van der Waals surface area (Å²) in [6.45, 7) is 11.9. The SMILES string of the molecule is Cc1ccc2c(N3CCN(CC(F)c4ccc5c(c4)NC(=O)CO5)CC3)cccc2n1.Cc1ccc2c(N3CCN(CCC(F)c4ccc5c(c4)NC(=O)CO5)CC3)cccc2n1. The predicted molar refractivity (Wildman–Crippen MR) is 244 cm³/mol. The normalized spacial score (nSPS) is 17.7. The molecule has 2 amide bonds. The maximum Gasteiger partial charge on any atom is 0.262 e. The monoisotopic (exact) mass is 854 g/mol. The minimum Gasteiger partial charge on any atom is -0.482 e. The number of pyridine rings is 2. The van der Waals surface area contributed by atoms with Crippen molar-refractivity contribution < 1.29 is 27.8 Å². The summed E-state index contributed by atoms with van der Waals surface area (Å²) < 4.78 is 40.7. The third-order valence-electron chi connectivity index (χ3n) is 12.2. The lowest BCUT2D eigenvalue weighted by atomic mass is 10.1. The van der Waals surface area contributed by atoms with Crippen LogP contribution in [0.5, 0.6) is 11.5 Å². The van der Waals surface area contributed by atoms with Crippen LogP contribution in [0, 0.1) is 13.8 Å². The highest BCUT2D eigenvalue weighted by Crippen LogP contribution is 2.35. The molecular formula is C49H52F2N8O4. The number of aromatic nitrogens is 2. The number of benzene rings is 4. The molecule has 2 N–H and O–H groups in total. The number of piperazine rings is 2. The zero-order chi connectivity index (χ0) is 43.5. The molecule has 0 aliphatic carbocycles. The molecule has 12 nitrogen and oxygen atoms in total. The van der Waals surface area contributed by atoms with Gasteiger partial charge in [-0.05, 0) is 104 Å². The molecule has 4 aromatic carbocycles. The summed E-state index contributed by atoms with van der Waals surface area (Å²) in [6.07, 6.45) is -1.78. The number of ether oxygens (including phenoxy) is 2. The minimum atomic E-state index is -1.12. The quantitative estimate of drug-likeness (QED) is 0.149. The molecule has 2 aromatic heterocycles. The second kappa shape index (κ2) is 18.5. The van der Waals surface area contributed by atoms with Crippen molar-refractivity contribution in [2.24, 2.45) is 0 Å². The zero-order valence-electron chi connectivity index (χ0n) is 35.7. The number of carbonyl (C=O) groups is 2. The number of fused-ring (bicyclic) bond motifs is 4. The Morgan fingerprint density at radius 3 is 1.57 bits per heavy atom. The van der Waals surface area contributed by atoms with Crippen molar-refractivity contribution in [2.45, 2.75) is 32.6 Å². The maximum atomic E-state index is 15.0. The molecule has 63 heavy (non-hydrogen) atoms. The molecule has 0 spiro atoms. The van der Waals surface area contributed by atoms with E-state index in [4.69, 9.17) is 9.47 Å². The first-order valence-electron chi connectivity index (χ1n) is 21.7. The number of rotatable bonds is 9. The maximum absolute atomic E-state index is 15.0. The lowest BCUT2D eigenvalue weighted by molar-refractivity contribution is -0.119. The molecule has 0 bridgehead atoms. The van der Waals surface area contributed by atoms with Gasteiger partial charge in [-0.2, -0.15) is 0 Å². The van der Waals surface area contributed by atoms with Gasteiger partial charge >= 0.3 is 0 Å². The van der Waals surface area contributed by atoms with Gasteiger partial charge in [-0.3, -0.25) is 29.4 Å². The van der Waals surface area contributed by atoms with Gasteiger partial charge in [0.05, 0.1) is 22.4 Å². The molecule has 10 rings (SSSR count). The summed E-state index contributed by atoms with van der Waals surface area (Å²) in [4.78, 5) is 41.5. The molecule has 6 aromatic rings. The first-order chi connectivity index (χ1) is 30.6. The van der Waals surface area contributed by atoms with Crippen LogP contribution < -0.4 is 29.9 Å². The van der Waals surface area contributed by atoms with E-state index in [2.05, 4.69) is 82.7 Å². The number of halogens is 2. The molecule has 2 atom stereocenters. The van der Waals surface area contributed by atoms with Crippen molar-refractivity contribution in [2.75, 3.05) is 99.1 Å². The number of anilines is 4. The number of amides is 2. The van der Waals surface area contributed by atoms with Crippen molar-refractivity contribution in [3.63, 3.8) is 0 Å². The molecule has 6 heterocycles. The lowest BCUT2D eigenvalue weighted by Gasteiger charge is -2.37. The van der Waals surface area contributed by atoms with Crippen LogP contribution in [0.15, 0.2) is 97.1 Å². The molecule has 2 unspecified atom stereocenters. The Morgan fingerprint density at radius 1 is 0.587 bits per heavy atom. The van der Waals surface area contributed by atoms with Crippen LogP contribution in [-0.2, 0) is 9.59 Å². The molecule has 4 aliphatic heterocycles. The van der Waals surface area contributed by atoms with Gasteiger partial charge in [0.15, 0.2) is 13.2 Å². The van der Waals surface area contributed by atoms with Gasteiger partial charge in [0.25, 0.3) is 11.8 Å². The third kappa shape index (κ3) is 9.67. The average molecular weight is 855 g/mol. The molecule has 2 fully saturated rings. The van der Waals surface area contributed by atoms with E-state index in [0.717, 1.165) is 80.2 Å². The Morgan fingerprint density at radius 2 is 1.06 bits per heavy atom.